The Balaban J connectivity index is 0. The van der Waals surface area contributed by atoms with Crippen LogP contribution < -0.4 is 34.7 Å². The maximum Gasteiger partial charge on any atom is 1.00 e. The van der Waals surface area contributed by atoms with Crippen molar-refractivity contribution in [1.29, 1.82) is 0 Å². The smallest absolute Gasteiger partial charge is 0.862 e. The van der Waals surface area contributed by atoms with E-state index < -0.39 is 23.9 Å². The van der Waals surface area contributed by atoms with Crippen molar-refractivity contribution in [2.45, 2.75) is 116 Å². The minimum absolute atomic E-state index is 0. The van der Waals surface area contributed by atoms with Gasteiger partial charge in [-0.25, -0.2) is 4.79 Å². The molecule has 1 atom stereocenters. The van der Waals surface area contributed by atoms with Gasteiger partial charge in [-0.2, -0.15) is 0 Å². The number of unbranched alkanes of at least 4 members (excludes halogenated alkanes) is 11. The van der Waals surface area contributed by atoms with Crippen molar-refractivity contribution < 1.29 is 54.5 Å². The van der Waals surface area contributed by atoms with Gasteiger partial charge in [0.05, 0.1) is 0 Å². The summed E-state index contributed by atoms with van der Waals surface area (Å²) in [5, 5.41) is 29.4. The number of rotatable bonds is 20. The van der Waals surface area contributed by atoms with E-state index in [1.54, 1.807) is 0 Å². The molecule has 1 unspecified atom stereocenters. The van der Waals surface area contributed by atoms with Crippen LogP contribution in [0, 0.1) is 0 Å². The molecule has 0 aromatic rings. The van der Waals surface area contributed by atoms with Crippen molar-refractivity contribution in [1.82, 2.24) is 0 Å². The van der Waals surface area contributed by atoms with Crippen LogP contribution >= 0.6 is 0 Å². The second kappa shape index (κ2) is 22.8. The van der Waals surface area contributed by atoms with Gasteiger partial charge in [-0.15, -0.1) is 0 Å². The number of nitrogens with zero attached hydrogens (tertiary/aromatic N) is 1. The van der Waals surface area contributed by atoms with Crippen molar-refractivity contribution in [2.24, 2.45) is 4.99 Å². The summed E-state index contributed by atoms with van der Waals surface area (Å²) in [6, 6.07) is -1.25. The molecule has 0 spiro atoms. The fourth-order valence-corrected chi connectivity index (χ4v) is 3.09. The van der Waals surface area contributed by atoms with Crippen molar-refractivity contribution in [3.63, 3.8) is 0 Å². The average Bonchev–Trinajstić information content (AvgIpc) is 2.67. The summed E-state index contributed by atoms with van der Waals surface area (Å²) in [4.78, 5) is 25.2. The molecule has 6 nitrogen and oxygen atoms in total. The molecule has 168 valence electrons. The van der Waals surface area contributed by atoms with E-state index in [-0.39, 0.29) is 48.8 Å². The minimum Gasteiger partial charge on any atom is -0.862 e. The van der Waals surface area contributed by atoms with Crippen LogP contribution in [0.5, 0.6) is 0 Å². The summed E-state index contributed by atoms with van der Waals surface area (Å²) in [6.45, 7) is 2.24. The fraction of sp³-hybridized carbons (Fsp3) is 0.783. The van der Waals surface area contributed by atoms with Gasteiger partial charge >= 0.3 is 41.5 Å². The largest absolute Gasteiger partial charge is 1.00 e. The molecule has 0 radical (unpaired) electrons. The normalized spacial score (nSPS) is 12.6. The molecule has 0 heterocycles. The number of aliphatic carboxylic acids is 2. The molecule has 0 saturated heterocycles. The van der Waals surface area contributed by atoms with Crippen LogP contribution in [0.4, 0.5) is 0 Å². The Morgan fingerprint density at radius 3 is 1.83 bits per heavy atom. The third kappa shape index (κ3) is 21.8. The third-order valence-electron chi connectivity index (χ3n) is 4.87. The Labute approximate surface area is 204 Å². The van der Waals surface area contributed by atoms with Crippen molar-refractivity contribution in [3.8, 4) is 0 Å². The number of carbonyl (C=O) groups is 2. The molecule has 0 aromatic carbocycles. The number of aliphatic imine (C=N–C) groups is 1. The predicted molar refractivity (Wildman–Crippen MR) is 115 cm³/mol. The summed E-state index contributed by atoms with van der Waals surface area (Å²) < 4.78 is 0. The molecule has 0 aliphatic heterocycles. The number of allylic oxidation sites excluding steroid dienone is 2. The molecule has 7 heteroatoms. The van der Waals surface area contributed by atoms with Gasteiger partial charge in [0.25, 0.3) is 0 Å². The van der Waals surface area contributed by atoms with E-state index >= 15 is 0 Å². The minimum atomic E-state index is -1.25. The summed E-state index contributed by atoms with van der Waals surface area (Å²) in [5.41, 5.74) is 0. The van der Waals surface area contributed by atoms with E-state index in [0.29, 0.717) is 6.42 Å². The first-order chi connectivity index (χ1) is 14.0. The molecule has 0 aliphatic carbocycles. The fourth-order valence-electron chi connectivity index (χ4n) is 3.09. The molecule has 2 N–H and O–H groups in total. The van der Waals surface area contributed by atoms with E-state index in [9.17, 15) is 14.7 Å². The molecule has 0 aliphatic rings. The molecule has 0 amide bonds. The molecule has 0 fully saturated rings. The zero-order valence-corrected chi connectivity index (χ0v) is 21.1. The molecule has 0 saturated carbocycles. The first-order valence-corrected chi connectivity index (χ1v) is 11.3. The van der Waals surface area contributed by atoms with Crippen LogP contribution in [0.25, 0.3) is 0 Å². The summed E-state index contributed by atoms with van der Waals surface area (Å²) in [6.07, 6.45) is 19.6. The monoisotopic (exact) mass is 433 g/mol. The van der Waals surface area contributed by atoms with Gasteiger partial charge in [0, 0.05) is 6.42 Å². The van der Waals surface area contributed by atoms with E-state index in [1.807, 2.05) is 0 Å². The van der Waals surface area contributed by atoms with Crippen LogP contribution in [0.3, 0.4) is 0 Å². The van der Waals surface area contributed by atoms with E-state index in [4.69, 9.17) is 10.2 Å². The van der Waals surface area contributed by atoms with E-state index in [1.165, 1.54) is 44.9 Å². The maximum absolute atomic E-state index is 11.7. The van der Waals surface area contributed by atoms with Gasteiger partial charge in [0.15, 0.2) is 0 Å². The molecular formula is C23H40NNaO5. The van der Waals surface area contributed by atoms with Gasteiger partial charge in [-0.05, 0) is 50.8 Å². The molecule has 0 bridgehead atoms. The van der Waals surface area contributed by atoms with E-state index in [2.05, 4.69) is 24.1 Å². The summed E-state index contributed by atoms with van der Waals surface area (Å²) in [5.74, 6) is -2.78. The van der Waals surface area contributed by atoms with Crippen LogP contribution in [-0.4, -0.2) is 34.1 Å². The Kier molecular flexibility index (Phi) is 23.8. The number of hydrogen-bond donors (Lipinski definition) is 2. The molecule has 30 heavy (non-hydrogen) atoms. The number of carboxylic acids is 2. The third-order valence-corrected chi connectivity index (χ3v) is 4.87. The second-order valence-electron chi connectivity index (χ2n) is 7.64. The van der Waals surface area contributed by atoms with Gasteiger partial charge in [0.1, 0.15) is 6.04 Å². The van der Waals surface area contributed by atoms with Crippen molar-refractivity contribution in [3.05, 3.63) is 12.2 Å². The van der Waals surface area contributed by atoms with Crippen LogP contribution in [0.15, 0.2) is 17.1 Å². The van der Waals surface area contributed by atoms with Crippen LogP contribution in [-0.2, 0) is 9.59 Å². The average molecular weight is 434 g/mol. The van der Waals surface area contributed by atoms with Crippen LogP contribution in [0.1, 0.15) is 110 Å². The first-order valence-electron chi connectivity index (χ1n) is 11.3. The van der Waals surface area contributed by atoms with Gasteiger partial charge in [-0.3, -0.25) is 9.79 Å². The Morgan fingerprint density at radius 1 is 0.833 bits per heavy atom. The van der Waals surface area contributed by atoms with Gasteiger partial charge in [-0.1, -0.05) is 70.4 Å². The predicted octanol–water partition coefficient (Wildman–Crippen LogP) is 2.10. The number of carboxylic acid groups (broad SMARTS) is 2. The van der Waals surface area contributed by atoms with Crippen molar-refractivity contribution in [2.75, 3.05) is 0 Å². The van der Waals surface area contributed by atoms with Crippen LogP contribution in [0.2, 0.25) is 0 Å². The Morgan fingerprint density at radius 2 is 1.33 bits per heavy atom. The molecule has 0 aromatic heterocycles. The SMILES string of the molecule is CCCCCCCC/C=C\CCCCCCCC([O-])=NC(CCC(=O)O)C(=O)O.[Na+]. The standard InChI is InChI=1S/C23H41NO5.Na/c1-2-3-4-5-6-7-8-9-10-11-12-13-14-15-16-17-21(25)24-20(23(28)29)18-19-22(26)27;/h9-10,20H,2-8,11-19H2,1H3,(H,24,25)(H,26,27)(H,28,29);/q;+1/p-1/b10-9-;. The van der Waals surface area contributed by atoms with Gasteiger partial charge < -0.3 is 15.3 Å². The Hall–Kier alpha value is -0.850. The summed E-state index contributed by atoms with van der Waals surface area (Å²) >= 11 is 0. The topological polar surface area (TPSA) is 110 Å². The van der Waals surface area contributed by atoms with Gasteiger partial charge in [0.2, 0.25) is 0 Å². The quantitative estimate of drug-likeness (QED) is 0.100. The zero-order chi connectivity index (χ0) is 21.7. The first kappa shape index (κ1) is 31.3. The number of hydrogen-bond acceptors (Lipinski definition) is 4. The molecule has 0 rings (SSSR count). The van der Waals surface area contributed by atoms with Crippen molar-refractivity contribution >= 4 is 17.8 Å². The zero-order valence-electron chi connectivity index (χ0n) is 19.1. The maximum atomic E-state index is 11.7. The summed E-state index contributed by atoms with van der Waals surface area (Å²) in [7, 11) is 0. The Bertz CT molecular complexity index is 494. The van der Waals surface area contributed by atoms with E-state index in [0.717, 1.165) is 32.1 Å². The second-order valence-corrected chi connectivity index (χ2v) is 7.64. The molecular weight excluding hydrogens is 393 g/mol.